The van der Waals surface area contributed by atoms with Crippen molar-refractivity contribution in [2.45, 2.75) is 12.3 Å². The molecule has 12 rings (SSSR count). The minimum absolute atomic E-state index is 0.145. The SMILES string of the molecule is c1ccc(-c2cc(-c3ccccc3)nc(-c3cncc4c3-c3cc(-c5nc(-c6ccc7c(c6)C(c6ccccc6)c6ccccc6-7)c6ccccc6n5)ccc3C4)n2)cc1. The van der Waals surface area contributed by atoms with Gasteiger partial charge in [-0.25, -0.2) is 19.9 Å². The molecule has 280 valence electrons. The van der Waals surface area contributed by atoms with Crippen molar-refractivity contribution in [3.8, 4) is 78.8 Å². The molecule has 2 aliphatic rings. The molecule has 60 heavy (non-hydrogen) atoms. The standard InChI is InChI=1S/C55H35N5/c1-4-14-34(15-5-1)49-31-50(35-16-6-2-7-17-35)59-55(58-49)47-33-56-32-40-28-37-24-25-39(30-45(37)52(40)47)54-57-48-23-13-12-22-44(48)53(60-54)38-26-27-42-41-20-10-11-21-43(41)51(46(42)29-38)36-18-8-3-9-19-36/h1-27,29-33,51H,28H2. The maximum Gasteiger partial charge on any atom is 0.162 e. The van der Waals surface area contributed by atoms with Crippen LogP contribution in [-0.2, 0) is 6.42 Å². The Balaban J connectivity index is 0.995. The van der Waals surface area contributed by atoms with Crippen molar-refractivity contribution in [3.63, 3.8) is 0 Å². The summed E-state index contributed by atoms with van der Waals surface area (Å²) in [5, 5.41) is 1.03. The lowest BCUT2D eigenvalue weighted by atomic mass is 9.88. The highest BCUT2D eigenvalue weighted by Crippen LogP contribution is 2.49. The van der Waals surface area contributed by atoms with E-state index in [0.717, 1.165) is 78.9 Å². The van der Waals surface area contributed by atoms with Crippen LogP contribution in [0.3, 0.4) is 0 Å². The summed E-state index contributed by atoms with van der Waals surface area (Å²) in [7, 11) is 0. The first-order chi connectivity index (χ1) is 29.7. The molecule has 1 unspecified atom stereocenters. The largest absolute Gasteiger partial charge is 0.264 e. The maximum absolute atomic E-state index is 5.42. The topological polar surface area (TPSA) is 64.5 Å². The van der Waals surface area contributed by atoms with Crippen molar-refractivity contribution in [1.29, 1.82) is 0 Å². The predicted molar refractivity (Wildman–Crippen MR) is 241 cm³/mol. The number of benzene rings is 7. The molecule has 2 aliphatic carbocycles. The van der Waals surface area contributed by atoms with Gasteiger partial charge in [0.15, 0.2) is 11.6 Å². The number of hydrogen-bond donors (Lipinski definition) is 0. The van der Waals surface area contributed by atoms with Gasteiger partial charge in [0, 0.05) is 57.9 Å². The Kier molecular flexibility index (Phi) is 7.91. The van der Waals surface area contributed by atoms with E-state index in [1.54, 1.807) is 0 Å². The van der Waals surface area contributed by atoms with Gasteiger partial charge < -0.3 is 0 Å². The van der Waals surface area contributed by atoms with Crippen molar-refractivity contribution < 1.29 is 0 Å². The molecule has 0 amide bonds. The van der Waals surface area contributed by atoms with Crippen LogP contribution in [-0.4, -0.2) is 24.9 Å². The van der Waals surface area contributed by atoms with Crippen molar-refractivity contribution in [1.82, 2.24) is 24.9 Å². The van der Waals surface area contributed by atoms with Gasteiger partial charge in [0.2, 0.25) is 0 Å². The number of rotatable bonds is 6. The number of nitrogens with zero attached hydrogens (tertiary/aromatic N) is 5. The van der Waals surface area contributed by atoms with Crippen LogP contribution in [0.5, 0.6) is 0 Å². The van der Waals surface area contributed by atoms with Crippen LogP contribution >= 0.6 is 0 Å². The lowest BCUT2D eigenvalue weighted by molar-refractivity contribution is 1.01. The van der Waals surface area contributed by atoms with E-state index in [1.807, 2.05) is 48.8 Å². The molecule has 5 heteroatoms. The fourth-order valence-electron chi connectivity index (χ4n) is 9.30. The Morgan fingerprint density at radius 2 is 1.07 bits per heavy atom. The van der Waals surface area contributed by atoms with E-state index in [1.165, 1.54) is 33.4 Å². The highest BCUT2D eigenvalue weighted by molar-refractivity contribution is 5.96. The van der Waals surface area contributed by atoms with Crippen LogP contribution in [0.25, 0.3) is 89.7 Å². The summed E-state index contributed by atoms with van der Waals surface area (Å²) < 4.78 is 0. The van der Waals surface area contributed by atoms with Crippen molar-refractivity contribution in [3.05, 3.63) is 222 Å². The van der Waals surface area contributed by atoms with Gasteiger partial charge in [-0.05, 0) is 74.3 Å². The molecular weight excluding hydrogens is 731 g/mol. The van der Waals surface area contributed by atoms with Crippen LogP contribution in [0.1, 0.15) is 33.7 Å². The van der Waals surface area contributed by atoms with E-state index >= 15 is 0 Å². The molecule has 7 aromatic carbocycles. The quantitative estimate of drug-likeness (QED) is 0.169. The number of aromatic nitrogens is 5. The lowest BCUT2D eigenvalue weighted by Crippen LogP contribution is -2.00. The molecule has 0 spiro atoms. The van der Waals surface area contributed by atoms with Crippen molar-refractivity contribution >= 4 is 10.9 Å². The summed E-state index contributed by atoms with van der Waals surface area (Å²) in [6, 6.07) is 64.2. The normalized spacial score (nSPS) is 13.4. The van der Waals surface area contributed by atoms with Gasteiger partial charge in [-0.1, -0.05) is 158 Å². The van der Waals surface area contributed by atoms with Gasteiger partial charge >= 0.3 is 0 Å². The molecule has 0 N–H and O–H groups in total. The average Bonchev–Trinajstić information content (AvgIpc) is 3.87. The number of hydrogen-bond acceptors (Lipinski definition) is 5. The Labute approximate surface area is 347 Å². The van der Waals surface area contributed by atoms with Crippen molar-refractivity contribution in [2.24, 2.45) is 0 Å². The molecule has 0 saturated carbocycles. The van der Waals surface area contributed by atoms with E-state index in [0.29, 0.717) is 11.6 Å². The first-order valence-electron chi connectivity index (χ1n) is 20.4. The summed E-state index contributed by atoms with van der Waals surface area (Å²) in [5.41, 5.74) is 19.7. The minimum Gasteiger partial charge on any atom is -0.264 e. The Bertz CT molecular complexity index is 3230. The fraction of sp³-hybridized carbons (Fsp3) is 0.0364. The second kappa shape index (κ2) is 13.9. The molecule has 0 bridgehead atoms. The average molecular weight is 766 g/mol. The summed E-state index contributed by atoms with van der Waals surface area (Å²) >= 11 is 0. The Hall–Kier alpha value is -7.89. The zero-order chi connectivity index (χ0) is 39.6. The number of para-hydroxylation sites is 1. The summed E-state index contributed by atoms with van der Waals surface area (Å²) in [6.45, 7) is 0. The molecule has 5 nitrogen and oxygen atoms in total. The van der Waals surface area contributed by atoms with Crippen molar-refractivity contribution in [2.75, 3.05) is 0 Å². The van der Waals surface area contributed by atoms with Gasteiger partial charge in [-0.2, -0.15) is 0 Å². The van der Waals surface area contributed by atoms with Gasteiger partial charge in [-0.3, -0.25) is 4.98 Å². The van der Waals surface area contributed by atoms with Gasteiger partial charge in [0.25, 0.3) is 0 Å². The van der Waals surface area contributed by atoms with Gasteiger partial charge in [0.1, 0.15) is 0 Å². The molecular formula is C55H35N5. The van der Waals surface area contributed by atoms with Crippen LogP contribution in [0.2, 0.25) is 0 Å². The third-order valence-electron chi connectivity index (χ3n) is 12.1. The number of pyridine rings is 1. The minimum atomic E-state index is 0.145. The van der Waals surface area contributed by atoms with E-state index < -0.39 is 0 Å². The second-order valence-corrected chi connectivity index (χ2v) is 15.6. The third kappa shape index (κ3) is 5.66. The molecule has 3 aromatic heterocycles. The first-order valence-corrected chi connectivity index (χ1v) is 20.4. The fourth-order valence-corrected chi connectivity index (χ4v) is 9.30. The predicted octanol–water partition coefficient (Wildman–Crippen LogP) is 12.9. The van der Waals surface area contributed by atoms with E-state index in [9.17, 15) is 0 Å². The highest BCUT2D eigenvalue weighted by Gasteiger charge is 2.31. The Morgan fingerprint density at radius 3 is 1.85 bits per heavy atom. The van der Waals surface area contributed by atoms with Crippen LogP contribution < -0.4 is 0 Å². The molecule has 1 atom stereocenters. The maximum atomic E-state index is 5.42. The van der Waals surface area contributed by atoms with E-state index in [4.69, 9.17) is 24.9 Å². The van der Waals surface area contributed by atoms with Crippen LogP contribution in [0, 0.1) is 0 Å². The summed E-state index contributed by atoms with van der Waals surface area (Å²) in [6.07, 6.45) is 4.68. The second-order valence-electron chi connectivity index (χ2n) is 15.6. The molecule has 0 aliphatic heterocycles. The van der Waals surface area contributed by atoms with E-state index in [-0.39, 0.29) is 5.92 Å². The molecule has 0 radical (unpaired) electrons. The molecule has 3 heterocycles. The third-order valence-corrected chi connectivity index (χ3v) is 12.1. The monoisotopic (exact) mass is 765 g/mol. The lowest BCUT2D eigenvalue weighted by Gasteiger charge is -2.16. The Morgan fingerprint density at radius 1 is 0.400 bits per heavy atom. The van der Waals surface area contributed by atoms with E-state index in [2.05, 4.69) is 146 Å². The highest BCUT2D eigenvalue weighted by atomic mass is 14.9. The summed E-state index contributed by atoms with van der Waals surface area (Å²) in [4.78, 5) is 25.8. The van der Waals surface area contributed by atoms with Crippen LogP contribution in [0.4, 0.5) is 0 Å². The smallest absolute Gasteiger partial charge is 0.162 e. The number of fused-ring (bicyclic) bond motifs is 7. The first kappa shape index (κ1) is 34.2. The van der Waals surface area contributed by atoms with Gasteiger partial charge in [0.05, 0.1) is 22.6 Å². The zero-order valence-corrected chi connectivity index (χ0v) is 32.5. The zero-order valence-electron chi connectivity index (χ0n) is 32.5. The van der Waals surface area contributed by atoms with Crippen LogP contribution in [0.15, 0.2) is 194 Å². The molecule has 0 fully saturated rings. The summed E-state index contributed by atoms with van der Waals surface area (Å²) in [5.74, 6) is 1.48. The van der Waals surface area contributed by atoms with Gasteiger partial charge in [-0.15, -0.1) is 0 Å². The molecule has 0 saturated heterocycles. The molecule has 10 aromatic rings.